The topological polar surface area (TPSA) is 83.6 Å². The third-order valence-electron chi connectivity index (χ3n) is 2.41. The van der Waals surface area contributed by atoms with Crippen LogP contribution in [0.25, 0.3) is 0 Å². The maximum atomic E-state index is 12.0. The molecule has 17 heavy (non-hydrogen) atoms. The van der Waals surface area contributed by atoms with Crippen LogP contribution in [0.2, 0.25) is 0 Å². The largest absolute Gasteiger partial charge is 0.480 e. The van der Waals surface area contributed by atoms with E-state index in [0.717, 1.165) is 12.8 Å². The standard InChI is InChI=1S/C12H24N2O3/c1-4-5-6-10(13)12(17)14(7-9(2)3)8-11(15)16/h9-10H,4-8,13H2,1-3H3,(H,15,16)/t10-/m0/s1. The summed E-state index contributed by atoms with van der Waals surface area (Å²) in [5.41, 5.74) is 5.77. The Balaban J connectivity index is 4.44. The van der Waals surface area contributed by atoms with E-state index in [2.05, 4.69) is 0 Å². The molecule has 0 spiro atoms. The average molecular weight is 244 g/mol. The van der Waals surface area contributed by atoms with Gasteiger partial charge in [0.25, 0.3) is 0 Å². The van der Waals surface area contributed by atoms with Crippen molar-refractivity contribution >= 4 is 11.9 Å². The normalized spacial score (nSPS) is 12.5. The highest BCUT2D eigenvalue weighted by atomic mass is 16.4. The summed E-state index contributed by atoms with van der Waals surface area (Å²) in [6.07, 6.45) is 2.48. The Morgan fingerprint density at radius 1 is 1.35 bits per heavy atom. The first-order valence-corrected chi connectivity index (χ1v) is 6.14. The molecular weight excluding hydrogens is 220 g/mol. The fraction of sp³-hybridized carbons (Fsp3) is 0.833. The van der Waals surface area contributed by atoms with Gasteiger partial charge in [0.2, 0.25) is 5.91 Å². The van der Waals surface area contributed by atoms with Crippen LogP contribution < -0.4 is 5.73 Å². The second-order valence-electron chi connectivity index (χ2n) is 4.76. The van der Waals surface area contributed by atoms with Crippen molar-refractivity contribution in [3.63, 3.8) is 0 Å². The minimum atomic E-state index is -0.998. The lowest BCUT2D eigenvalue weighted by Gasteiger charge is -2.25. The molecule has 0 heterocycles. The van der Waals surface area contributed by atoms with Crippen molar-refractivity contribution in [2.75, 3.05) is 13.1 Å². The van der Waals surface area contributed by atoms with Crippen molar-refractivity contribution in [1.29, 1.82) is 0 Å². The van der Waals surface area contributed by atoms with Crippen LogP contribution in [0.1, 0.15) is 40.0 Å². The first kappa shape index (κ1) is 15.9. The molecule has 0 aromatic rings. The molecule has 0 aliphatic rings. The van der Waals surface area contributed by atoms with E-state index < -0.39 is 12.0 Å². The van der Waals surface area contributed by atoms with Gasteiger partial charge < -0.3 is 15.7 Å². The number of aliphatic carboxylic acids is 1. The van der Waals surface area contributed by atoms with Crippen molar-refractivity contribution in [2.24, 2.45) is 11.7 Å². The summed E-state index contributed by atoms with van der Waals surface area (Å²) in [4.78, 5) is 24.0. The highest BCUT2D eigenvalue weighted by Gasteiger charge is 2.23. The Kier molecular flexibility index (Phi) is 7.54. The van der Waals surface area contributed by atoms with Crippen LogP contribution in [0.15, 0.2) is 0 Å². The fourth-order valence-electron chi connectivity index (χ4n) is 1.62. The third-order valence-corrected chi connectivity index (χ3v) is 2.41. The SMILES string of the molecule is CCCC[C@H](N)C(=O)N(CC(=O)O)CC(C)C. The van der Waals surface area contributed by atoms with Gasteiger partial charge in [0.05, 0.1) is 6.04 Å². The first-order valence-electron chi connectivity index (χ1n) is 6.14. The van der Waals surface area contributed by atoms with Crippen LogP contribution in [0.4, 0.5) is 0 Å². The molecule has 1 atom stereocenters. The van der Waals surface area contributed by atoms with Gasteiger partial charge in [0.1, 0.15) is 6.54 Å². The number of nitrogens with zero attached hydrogens (tertiary/aromatic N) is 1. The van der Waals surface area contributed by atoms with E-state index in [9.17, 15) is 9.59 Å². The number of carbonyl (C=O) groups excluding carboxylic acids is 1. The van der Waals surface area contributed by atoms with E-state index >= 15 is 0 Å². The Hall–Kier alpha value is -1.10. The van der Waals surface area contributed by atoms with Gasteiger partial charge in [0.15, 0.2) is 0 Å². The number of hydrogen-bond donors (Lipinski definition) is 2. The molecule has 0 radical (unpaired) electrons. The lowest BCUT2D eigenvalue weighted by Crippen LogP contribution is -2.47. The Morgan fingerprint density at radius 3 is 2.35 bits per heavy atom. The number of carboxylic acids is 1. The second-order valence-corrected chi connectivity index (χ2v) is 4.76. The third kappa shape index (κ3) is 6.94. The Bertz CT molecular complexity index is 254. The van der Waals surface area contributed by atoms with Gasteiger partial charge in [-0.2, -0.15) is 0 Å². The van der Waals surface area contributed by atoms with Gasteiger partial charge in [-0.15, -0.1) is 0 Å². The van der Waals surface area contributed by atoms with Crippen LogP contribution in [0.5, 0.6) is 0 Å². The molecule has 0 aliphatic heterocycles. The predicted molar refractivity (Wildman–Crippen MR) is 66.6 cm³/mol. The van der Waals surface area contributed by atoms with Gasteiger partial charge in [-0.25, -0.2) is 0 Å². The highest BCUT2D eigenvalue weighted by Crippen LogP contribution is 2.05. The molecule has 0 aromatic heterocycles. The van der Waals surface area contributed by atoms with Crippen molar-refractivity contribution in [3.8, 4) is 0 Å². The molecule has 0 aliphatic carbocycles. The zero-order valence-electron chi connectivity index (χ0n) is 11.0. The predicted octanol–water partition coefficient (Wildman–Crippen LogP) is 1.07. The van der Waals surface area contributed by atoms with Gasteiger partial charge in [0, 0.05) is 6.54 Å². The summed E-state index contributed by atoms with van der Waals surface area (Å²) in [6, 6.07) is -0.576. The Labute approximate surface area is 103 Å². The van der Waals surface area contributed by atoms with Crippen LogP contribution in [-0.2, 0) is 9.59 Å². The molecule has 100 valence electrons. The molecule has 0 bridgehead atoms. The van der Waals surface area contributed by atoms with E-state index in [4.69, 9.17) is 10.8 Å². The smallest absolute Gasteiger partial charge is 0.323 e. The molecule has 0 saturated heterocycles. The van der Waals surface area contributed by atoms with E-state index in [1.165, 1.54) is 4.90 Å². The zero-order chi connectivity index (χ0) is 13.4. The molecule has 1 amide bonds. The van der Waals surface area contributed by atoms with Crippen molar-refractivity contribution in [2.45, 2.75) is 46.1 Å². The van der Waals surface area contributed by atoms with Crippen LogP contribution in [0.3, 0.4) is 0 Å². The summed E-state index contributed by atoms with van der Waals surface area (Å²) >= 11 is 0. The molecule has 3 N–H and O–H groups in total. The molecule has 5 nitrogen and oxygen atoms in total. The van der Waals surface area contributed by atoms with E-state index in [-0.39, 0.29) is 18.4 Å². The summed E-state index contributed by atoms with van der Waals surface area (Å²) in [6.45, 7) is 6.08. The van der Waals surface area contributed by atoms with Crippen molar-refractivity contribution < 1.29 is 14.7 Å². The second kappa shape index (κ2) is 8.06. The fourth-order valence-corrected chi connectivity index (χ4v) is 1.62. The molecule has 0 saturated carbocycles. The lowest BCUT2D eigenvalue weighted by molar-refractivity contribution is -0.145. The van der Waals surface area contributed by atoms with Crippen molar-refractivity contribution in [3.05, 3.63) is 0 Å². The molecule has 0 aromatic carbocycles. The van der Waals surface area contributed by atoms with Crippen LogP contribution in [0, 0.1) is 5.92 Å². The van der Waals surface area contributed by atoms with Gasteiger partial charge in [-0.1, -0.05) is 33.6 Å². The summed E-state index contributed by atoms with van der Waals surface area (Å²) < 4.78 is 0. The minimum Gasteiger partial charge on any atom is -0.480 e. The maximum Gasteiger partial charge on any atom is 0.323 e. The number of carbonyl (C=O) groups is 2. The Morgan fingerprint density at radius 2 is 1.94 bits per heavy atom. The number of carboxylic acid groups (broad SMARTS) is 1. The minimum absolute atomic E-state index is 0.233. The molecule has 0 fully saturated rings. The van der Waals surface area contributed by atoms with E-state index in [0.29, 0.717) is 13.0 Å². The number of amides is 1. The molecule has 5 heteroatoms. The van der Waals surface area contributed by atoms with Gasteiger partial charge in [-0.3, -0.25) is 9.59 Å². The van der Waals surface area contributed by atoms with Gasteiger partial charge >= 0.3 is 5.97 Å². The molecule has 0 rings (SSSR count). The molecular formula is C12H24N2O3. The number of nitrogens with two attached hydrogens (primary N) is 1. The van der Waals surface area contributed by atoms with E-state index in [1.807, 2.05) is 20.8 Å². The maximum absolute atomic E-state index is 12.0. The summed E-state index contributed by atoms with van der Waals surface area (Å²) in [5.74, 6) is -1.02. The summed E-state index contributed by atoms with van der Waals surface area (Å²) in [5, 5.41) is 8.77. The quantitative estimate of drug-likeness (QED) is 0.669. The first-order chi connectivity index (χ1) is 7.88. The van der Waals surface area contributed by atoms with Gasteiger partial charge in [-0.05, 0) is 12.3 Å². The highest BCUT2D eigenvalue weighted by molar-refractivity contribution is 5.85. The van der Waals surface area contributed by atoms with E-state index in [1.54, 1.807) is 0 Å². The average Bonchev–Trinajstić information content (AvgIpc) is 2.22. The van der Waals surface area contributed by atoms with Crippen LogP contribution >= 0.6 is 0 Å². The summed E-state index contributed by atoms with van der Waals surface area (Å²) in [7, 11) is 0. The number of rotatable bonds is 8. The van der Waals surface area contributed by atoms with Crippen LogP contribution in [-0.4, -0.2) is 41.0 Å². The molecule has 0 unspecified atom stereocenters. The number of unbranched alkanes of at least 4 members (excludes halogenated alkanes) is 1. The van der Waals surface area contributed by atoms with Crippen molar-refractivity contribution in [1.82, 2.24) is 4.90 Å². The zero-order valence-corrected chi connectivity index (χ0v) is 11.0. The lowest BCUT2D eigenvalue weighted by atomic mass is 10.1. The monoisotopic (exact) mass is 244 g/mol. The number of hydrogen-bond acceptors (Lipinski definition) is 3.